The van der Waals surface area contributed by atoms with Crippen LogP contribution in [0.25, 0.3) is 67.1 Å². The maximum atomic E-state index is 2.52. The van der Waals surface area contributed by atoms with E-state index in [4.69, 9.17) is 0 Å². The molecule has 10 aromatic rings. The van der Waals surface area contributed by atoms with Crippen LogP contribution in [0.15, 0.2) is 216 Å². The minimum Gasteiger partial charge on any atom is -0.341 e. The van der Waals surface area contributed by atoms with E-state index in [1.807, 2.05) is 11.8 Å². The Kier molecular flexibility index (Phi) is 9.37. The van der Waals surface area contributed by atoms with Crippen LogP contribution in [-0.2, 0) is 11.8 Å². The average molecular weight is 877 g/mol. The number of para-hydroxylation sites is 3. The van der Waals surface area contributed by atoms with Crippen LogP contribution in [0.1, 0.15) is 48.1 Å². The van der Waals surface area contributed by atoms with Crippen LogP contribution in [-0.4, -0.2) is 6.54 Å². The largest absolute Gasteiger partial charge is 0.341 e. The van der Waals surface area contributed by atoms with Gasteiger partial charge in [0.05, 0.1) is 11.4 Å². The van der Waals surface area contributed by atoms with Gasteiger partial charge in [-0.05, 0) is 150 Å². The molecule has 320 valence electrons. The molecule has 1 aliphatic carbocycles. The Morgan fingerprint density at radius 3 is 1.55 bits per heavy atom. The third kappa shape index (κ3) is 6.55. The van der Waals surface area contributed by atoms with Crippen LogP contribution >= 0.6 is 11.8 Å². The number of hydrogen-bond acceptors (Lipinski definition) is 3. The smallest absolute Gasteiger partial charge is 0.0601 e. The van der Waals surface area contributed by atoms with Gasteiger partial charge in [0.25, 0.3) is 0 Å². The average Bonchev–Trinajstić information content (AvgIpc) is 3.61. The van der Waals surface area contributed by atoms with Crippen molar-refractivity contribution in [1.82, 2.24) is 0 Å². The fourth-order valence-corrected chi connectivity index (χ4v) is 12.3. The Morgan fingerprint density at radius 2 is 0.925 bits per heavy atom. The van der Waals surface area contributed by atoms with E-state index in [0.29, 0.717) is 0 Å². The molecule has 3 aliphatic rings. The fraction of sp³-hybridized carbons (Fsp3) is 0.0938. The number of rotatable bonds is 6. The monoisotopic (exact) mass is 876 g/mol. The predicted octanol–water partition coefficient (Wildman–Crippen LogP) is 17.8. The Bertz CT molecular complexity index is 3520. The van der Waals surface area contributed by atoms with Crippen LogP contribution in [0.3, 0.4) is 0 Å². The van der Waals surface area contributed by atoms with Gasteiger partial charge in [0.1, 0.15) is 0 Å². The van der Waals surface area contributed by atoms with Crippen LogP contribution in [0.5, 0.6) is 0 Å². The molecule has 0 bridgehead atoms. The van der Waals surface area contributed by atoms with Gasteiger partial charge in [-0.2, -0.15) is 0 Å². The Labute approximate surface area is 397 Å². The van der Waals surface area contributed by atoms with E-state index in [-0.39, 0.29) is 5.41 Å². The first-order chi connectivity index (χ1) is 33.0. The fourth-order valence-electron chi connectivity index (χ4n) is 11.3. The molecule has 0 unspecified atom stereocenters. The van der Waals surface area contributed by atoms with Gasteiger partial charge in [0.2, 0.25) is 0 Å². The summed E-state index contributed by atoms with van der Waals surface area (Å²) in [6.07, 6.45) is 6.87. The highest BCUT2D eigenvalue weighted by atomic mass is 32.2. The highest BCUT2D eigenvalue weighted by molar-refractivity contribution is 7.99. The van der Waals surface area contributed by atoms with Crippen molar-refractivity contribution >= 4 is 73.9 Å². The molecule has 0 amide bonds. The molecule has 0 radical (unpaired) electrons. The lowest BCUT2D eigenvalue weighted by Gasteiger charge is -2.32. The van der Waals surface area contributed by atoms with Crippen molar-refractivity contribution in [2.75, 3.05) is 16.3 Å². The van der Waals surface area contributed by atoms with Gasteiger partial charge in [0, 0.05) is 38.8 Å². The van der Waals surface area contributed by atoms with Gasteiger partial charge in [0.15, 0.2) is 0 Å². The topological polar surface area (TPSA) is 6.48 Å². The van der Waals surface area contributed by atoms with Crippen LogP contribution in [0.4, 0.5) is 28.4 Å². The quantitative estimate of drug-likeness (QED) is 0.121. The molecule has 2 heterocycles. The molecule has 0 saturated carbocycles. The zero-order valence-corrected chi connectivity index (χ0v) is 38.5. The van der Waals surface area contributed by atoms with Crippen molar-refractivity contribution < 1.29 is 0 Å². The minimum atomic E-state index is -0.0989. The summed E-state index contributed by atoms with van der Waals surface area (Å²) in [5, 5.41) is 5.03. The number of aryl methyl sites for hydroxylation is 1. The van der Waals surface area contributed by atoms with Crippen molar-refractivity contribution in [3.63, 3.8) is 0 Å². The number of hydrogen-bond donors (Lipinski definition) is 0. The van der Waals surface area contributed by atoms with Crippen molar-refractivity contribution in [2.24, 2.45) is 0 Å². The highest BCUT2D eigenvalue weighted by Crippen LogP contribution is 2.53. The van der Waals surface area contributed by atoms with Crippen molar-refractivity contribution in [3.8, 4) is 33.4 Å². The standard InChI is InChI=1S/C64H48N2S/c1-64(2)55-40-43(29-37-49(55)50-38-36-48(41-56(50)64)65-39-13-15-44-14-3-8-20-57(44)65)26-25-42-27-30-45(31-28-42)62-51-16-4-6-18-53(51)63(54-19-7-5-17-52(54)62)46-32-34-47(35-33-46)66-58-21-9-11-23-60(58)67-61-24-12-10-22-59(61)66/h3-12,14,16-38,40-41H,13,15,39H2,1-2H3. The highest BCUT2D eigenvalue weighted by Gasteiger charge is 2.36. The summed E-state index contributed by atoms with van der Waals surface area (Å²) in [5.74, 6) is 0. The molecule has 2 aliphatic heterocycles. The molecule has 13 rings (SSSR count). The van der Waals surface area contributed by atoms with Gasteiger partial charge in [-0.1, -0.05) is 189 Å². The summed E-state index contributed by atoms with van der Waals surface area (Å²) < 4.78 is 0. The summed E-state index contributed by atoms with van der Waals surface area (Å²) in [4.78, 5) is 7.46. The second kappa shape index (κ2) is 15.8. The van der Waals surface area contributed by atoms with E-state index in [1.165, 1.54) is 122 Å². The third-order valence-corrected chi connectivity index (χ3v) is 15.7. The lowest BCUT2D eigenvalue weighted by Crippen LogP contribution is -2.25. The van der Waals surface area contributed by atoms with Crippen molar-refractivity contribution in [1.29, 1.82) is 0 Å². The molecule has 0 N–H and O–H groups in total. The molecule has 3 heteroatoms. The summed E-state index contributed by atoms with van der Waals surface area (Å²) in [6, 6.07) is 76.7. The van der Waals surface area contributed by atoms with Crippen molar-refractivity contribution in [3.05, 3.63) is 234 Å². The summed E-state index contributed by atoms with van der Waals surface area (Å²) >= 11 is 1.84. The Hall–Kier alpha value is -7.59. The molecular formula is C64H48N2S. The first-order valence-electron chi connectivity index (χ1n) is 23.6. The van der Waals surface area contributed by atoms with E-state index in [0.717, 1.165) is 18.7 Å². The Balaban J connectivity index is 0.805. The van der Waals surface area contributed by atoms with Gasteiger partial charge in [-0.3, -0.25) is 0 Å². The molecule has 0 aromatic heterocycles. The zero-order chi connectivity index (χ0) is 44.6. The summed E-state index contributed by atoms with van der Waals surface area (Å²) in [5.41, 5.74) is 20.5. The minimum absolute atomic E-state index is 0.0989. The maximum absolute atomic E-state index is 2.52. The summed E-state index contributed by atoms with van der Waals surface area (Å²) in [6.45, 7) is 5.84. The molecule has 2 nitrogen and oxygen atoms in total. The van der Waals surface area contributed by atoms with E-state index in [2.05, 4.69) is 242 Å². The summed E-state index contributed by atoms with van der Waals surface area (Å²) in [7, 11) is 0. The molecule has 10 aromatic carbocycles. The van der Waals surface area contributed by atoms with E-state index < -0.39 is 0 Å². The predicted molar refractivity (Wildman–Crippen MR) is 286 cm³/mol. The van der Waals surface area contributed by atoms with E-state index in [1.54, 1.807) is 0 Å². The zero-order valence-electron chi connectivity index (χ0n) is 37.7. The molecular weight excluding hydrogens is 829 g/mol. The first-order valence-corrected chi connectivity index (χ1v) is 24.4. The van der Waals surface area contributed by atoms with Crippen LogP contribution in [0, 0.1) is 0 Å². The second-order valence-corrected chi connectivity index (χ2v) is 19.8. The van der Waals surface area contributed by atoms with Crippen LogP contribution < -0.4 is 9.80 Å². The lowest BCUT2D eigenvalue weighted by atomic mass is 9.81. The molecule has 0 fully saturated rings. The normalized spacial score (nSPS) is 14.5. The first kappa shape index (κ1) is 39.7. The lowest BCUT2D eigenvalue weighted by molar-refractivity contribution is 0.659. The number of fused-ring (bicyclic) bond motifs is 8. The number of benzene rings is 10. The van der Waals surface area contributed by atoms with E-state index in [9.17, 15) is 0 Å². The van der Waals surface area contributed by atoms with Gasteiger partial charge >= 0.3 is 0 Å². The van der Waals surface area contributed by atoms with E-state index >= 15 is 0 Å². The maximum Gasteiger partial charge on any atom is 0.0601 e. The molecule has 67 heavy (non-hydrogen) atoms. The molecule has 0 atom stereocenters. The third-order valence-electron chi connectivity index (χ3n) is 14.6. The molecule has 0 spiro atoms. The molecule has 0 saturated heterocycles. The van der Waals surface area contributed by atoms with Crippen molar-refractivity contribution in [2.45, 2.75) is 41.9 Å². The van der Waals surface area contributed by atoms with Gasteiger partial charge in [-0.15, -0.1) is 0 Å². The van der Waals surface area contributed by atoms with Crippen LogP contribution in [0.2, 0.25) is 0 Å². The Morgan fingerprint density at radius 1 is 0.448 bits per heavy atom. The number of nitrogens with zero attached hydrogens (tertiary/aromatic N) is 2. The van der Waals surface area contributed by atoms with Gasteiger partial charge < -0.3 is 9.80 Å². The number of anilines is 5. The van der Waals surface area contributed by atoms with Gasteiger partial charge in [-0.25, -0.2) is 0 Å². The second-order valence-electron chi connectivity index (χ2n) is 18.8. The SMILES string of the molecule is CC1(C)c2cc(C=Cc3ccc(-c4c5ccccc5c(-c5ccc(N6c7ccccc7Sc7ccccc76)cc5)c5ccccc45)cc3)ccc2-c2ccc(N3CCCc4ccccc43)cc21.